The first-order valence-electron chi connectivity index (χ1n) is 9.91. The SMILES string of the molecule is Cc1ccc(OCCCCNC(=O)c2cccc(NC(=O)c3cccnc3)c2)cc1. The van der Waals surface area contributed by atoms with Gasteiger partial charge in [-0.3, -0.25) is 14.6 Å². The molecule has 0 spiro atoms. The zero-order valence-corrected chi connectivity index (χ0v) is 16.9. The number of unbranched alkanes of at least 4 members (excludes halogenated alkanes) is 1. The first-order chi connectivity index (χ1) is 14.6. The van der Waals surface area contributed by atoms with E-state index < -0.39 is 0 Å². The molecule has 6 nitrogen and oxygen atoms in total. The van der Waals surface area contributed by atoms with Crippen LogP contribution in [0.2, 0.25) is 0 Å². The van der Waals surface area contributed by atoms with Gasteiger partial charge in [0.05, 0.1) is 12.2 Å². The summed E-state index contributed by atoms with van der Waals surface area (Å²) < 4.78 is 5.68. The Bertz CT molecular complexity index is 973. The van der Waals surface area contributed by atoms with Gasteiger partial charge in [0.25, 0.3) is 11.8 Å². The molecule has 154 valence electrons. The lowest BCUT2D eigenvalue weighted by atomic mass is 10.1. The van der Waals surface area contributed by atoms with E-state index in [1.54, 1.807) is 42.6 Å². The lowest BCUT2D eigenvalue weighted by molar-refractivity contribution is 0.0951. The van der Waals surface area contributed by atoms with Crippen molar-refractivity contribution < 1.29 is 14.3 Å². The molecule has 0 fully saturated rings. The van der Waals surface area contributed by atoms with Gasteiger partial charge in [-0.15, -0.1) is 0 Å². The van der Waals surface area contributed by atoms with Crippen LogP contribution in [0.25, 0.3) is 0 Å². The molecular weight excluding hydrogens is 378 g/mol. The summed E-state index contributed by atoms with van der Waals surface area (Å²) in [4.78, 5) is 28.5. The van der Waals surface area contributed by atoms with Crippen LogP contribution < -0.4 is 15.4 Å². The van der Waals surface area contributed by atoms with Crippen molar-refractivity contribution in [3.05, 3.63) is 89.7 Å². The van der Waals surface area contributed by atoms with Crippen LogP contribution in [-0.2, 0) is 0 Å². The Labute approximate surface area is 176 Å². The average Bonchev–Trinajstić information content (AvgIpc) is 2.78. The van der Waals surface area contributed by atoms with E-state index in [2.05, 4.69) is 15.6 Å². The number of carbonyl (C=O) groups is 2. The molecule has 0 aliphatic rings. The van der Waals surface area contributed by atoms with Crippen molar-refractivity contribution in [2.75, 3.05) is 18.5 Å². The third-order valence-electron chi connectivity index (χ3n) is 4.45. The molecule has 0 atom stereocenters. The molecule has 0 aliphatic carbocycles. The first kappa shape index (κ1) is 21.0. The van der Waals surface area contributed by atoms with Gasteiger partial charge in [-0.05, 0) is 62.2 Å². The van der Waals surface area contributed by atoms with Crippen molar-refractivity contribution >= 4 is 17.5 Å². The standard InChI is InChI=1S/C24H25N3O3/c1-18-9-11-22(12-10-18)30-15-3-2-14-26-23(28)19-6-4-8-21(16-19)27-24(29)20-7-5-13-25-17-20/h4-13,16-17H,2-3,14-15H2,1H3,(H,26,28)(H,27,29). The summed E-state index contributed by atoms with van der Waals surface area (Å²) in [5, 5.41) is 5.68. The number of hydrogen-bond acceptors (Lipinski definition) is 4. The first-order valence-corrected chi connectivity index (χ1v) is 9.91. The van der Waals surface area contributed by atoms with E-state index in [1.807, 2.05) is 31.2 Å². The average molecular weight is 403 g/mol. The van der Waals surface area contributed by atoms with Gasteiger partial charge in [0.1, 0.15) is 5.75 Å². The number of carbonyl (C=O) groups excluding carboxylic acids is 2. The minimum Gasteiger partial charge on any atom is -0.494 e. The molecule has 2 N–H and O–H groups in total. The fourth-order valence-electron chi connectivity index (χ4n) is 2.79. The van der Waals surface area contributed by atoms with E-state index in [0.717, 1.165) is 18.6 Å². The molecule has 0 saturated carbocycles. The summed E-state index contributed by atoms with van der Waals surface area (Å²) >= 11 is 0. The highest BCUT2D eigenvalue weighted by atomic mass is 16.5. The van der Waals surface area contributed by atoms with Crippen LogP contribution in [0, 0.1) is 6.92 Å². The Kier molecular flexibility index (Phi) is 7.55. The van der Waals surface area contributed by atoms with E-state index in [0.29, 0.717) is 30.0 Å². The number of nitrogens with one attached hydrogen (secondary N) is 2. The van der Waals surface area contributed by atoms with Crippen LogP contribution in [0.4, 0.5) is 5.69 Å². The third-order valence-corrected chi connectivity index (χ3v) is 4.45. The van der Waals surface area contributed by atoms with Crippen LogP contribution >= 0.6 is 0 Å². The van der Waals surface area contributed by atoms with Crippen LogP contribution in [0.5, 0.6) is 5.75 Å². The molecule has 3 aromatic rings. The minimum atomic E-state index is -0.269. The van der Waals surface area contributed by atoms with Gasteiger partial charge in [0.15, 0.2) is 0 Å². The highest BCUT2D eigenvalue weighted by molar-refractivity contribution is 6.04. The maximum absolute atomic E-state index is 12.4. The molecule has 1 heterocycles. The molecule has 30 heavy (non-hydrogen) atoms. The van der Waals surface area contributed by atoms with Crippen molar-refractivity contribution in [1.82, 2.24) is 10.3 Å². The molecule has 2 aromatic carbocycles. The van der Waals surface area contributed by atoms with Gasteiger partial charge in [0.2, 0.25) is 0 Å². The second-order valence-corrected chi connectivity index (χ2v) is 6.90. The molecule has 1 aromatic heterocycles. The molecule has 0 radical (unpaired) electrons. The molecule has 2 amide bonds. The van der Waals surface area contributed by atoms with E-state index in [1.165, 1.54) is 11.8 Å². The van der Waals surface area contributed by atoms with Gasteiger partial charge < -0.3 is 15.4 Å². The van der Waals surface area contributed by atoms with E-state index in [-0.39, 0.29) is 11.8 Å². The summed E-state index contributed by atoms with van der Waals surface area (Å²) in [6.45, 7) is 3.20. The number of nitrogens with zero attached hydrogens (tertiary/aromatic N) is 1. The zero-order chi connectivity index (χ0) is 21.2. The highest BCUT2D eigenvalue weighted by Gasteiger charge is 2.09. The van der Waals surface area contributed by atoms with Crippen molar-refractivity contribution in [2.45, 2.75) is 19.8 Å². The molecule has 0 bridgehead atoms. The number of benzene rings is 2. The van der Waals surface area contributed by atoms with Crippen LogP contribution in [0.1, 0.15) is 39.1 Å². The van der Waals surface area contributed by atoms with Gasteiger partial charge in [-0.2, -0.15) is 0 Å². The quantitative estimate of drug-likeness (QED) is 0.524. The van der Waals surface area contributed by atoms with Crippen molar-refractivity contribution in [3.63, 3.8) is 0 Å². The second kappa shape index (κ2) is 10.8. The summed E-state index contributed by atoms with van der Waals surface area (Å²) in [6.07, 6.45) is 4.76. The number of rotatable bonds is 9. The van der Waals surface area contributed by atoms with Crippen LogP contribution in [0.15, 0.2) is 73.1 Å². The molecule has 0 saturated heterocycles. The topological polar surface area (TPSA) is 80.3 Å². The Morgan fingerprint density at radius 2 is 1.73 bits per heavy atom. The summed E-state index contributed by atoms with van der Waals surface area (Å²) in [5.41, 5.74) is 2.71. The highest BCUT2D eigenvalue weighted by Crippen LogP contribution is 2.13. The Balaban J connectivity index is 1.40. The maximum Gasteiger partial charge on any atom is 0.257 e. The lowest BCUT2D eigenvalue weighted by Gasteiger charge is -2.09. The number of aromatic nitrogens is 1. The van der Waals surface area contributed by atoms with Gasteiger partial charge in [-0.1, -0.05) is 23.8 Å². The van der Waals surface area contributed by atoms with Gasteiger partial charge in [-0.25, -0.2) is 0 Å². The predicted octanol–water partition coefficient (Wildman–Crippen LogP) is 4.23. The van der Waals surface area contributed by atoms with Crippen molar-refractivity contribution in [2.24, 2.45) is 0 Å². The Morgan fingerprint density at radius 1 is 0.933 bits per heavy atom. The Morgan fingerprint density at radius 3 is 2.50 bits per heavy atom. The number of hydrogen-bond donors (Lipinski definition) is 2. The van der Waals surface area contributed by atoms with E-state index in [4.69, 9.17) is 4.74 Å². The monoisotopic (exact) mass is 403 g/mol. The largest absolute Gasteiger partial charge is 0.494 e. The number of anilines is 1. The van der Waals surface area contributed by atoms with E-state index >= 15 is 0 Å². The third kappa shape index (κ3) is 6.44. The van der Waals surface area contributed by atoms with E-state index in [9.17, 15) is 9.59 Å². The van der Waals surface area contributed by atoms with Crippen molar-refractivity contribution in [1.29, 1.82) is 0 Å². The fraction of sp³-hybridized carbons (Fsp3) is 0.208. The maximum atomic E-state index is 12.4. The normalized spacial score (nSPS) is 10.3. The summed E-state index contributed by atoms with van der Waals surface area (Å²) in [7, 11) is 0. The molecule has 0 unspecified atom stereocenters. The zero-order valence-electron chi connectivity index (χ0n) is 16.9. The number of amides is 2. The fourth-order valence-corrected chi connectivity index (χ4v) is 2.79. The molecule has 3 rings (SSSR count). The number of aryl methyl sites for hydroxylation is 1. The Hall–Kier alpha value is -3.67. The van der Waals surface area contributed by atoms with Crippen LogP contribution in [-0.4, -0.2) is 29.9 Å². The lowest BCUT2D eigenvalue weighted by Crippen LogP contribution is -2.25. The number of pyridine rings is 1. The van der Waals surface area contributed by atoms with Gasteiger partial charge in [0, 0.05) is 30.2 Å². The molecular formula is C24H25N3O3. The number of ether oxygens (including phenoxy) is 1. The second-order valence-electron chi connectivity index (χ2n) is 6.90. The minimum absolute atomic E-state index is 0.174. The van der Waals surface area contributed by atoms with Gasteiger partial charge >= 0.3 is 0 Å². The van der Waals surface area contributed by atoms with Crippen LogP contribution in [0.3, 0.4) is 0 Å². The smallest absolute Gasteiger partial charge is 0.257 e. The molecule has 6 heteroatoms. The van der Waals surface area contributed by atoms with Crippen molar-refractivity contribution in [3.8, 4) is 5.75 Å². The summed E-state index contributed by atoms with van der Waals surface area (Å²) in [6, 6.07) is 18.2. The molecule has 0 aliphatic heterocycles. The predicted molar refractivity (Wildman–Crippen MR) is 117 cm³/mol. The summed E-state index contributed by atoms with van der Waals surface area (Å²) in [5.74, 6) is 0.413.